The van der Waals surface area contributed by atoms with Crippen molar-refractivity contribution in [1.82, 2.24) is 19.6 Å². The van der Waals surface area contributed by atoms with Crippen LogP contribution in [0.5, 0.6) is 0 Å². The lowest BCUT2D eigenvalue weighted by Crippen LogP contribution is -2.55. The van der Waals surface area contributed by atoms with Gasteiger partial charge in [-0.2, -0.15) is 0 Å². The van der Waals surface area contributed by atoms with Gasteiger partial charge in [-0.05, 0) is 92.8 Å². The van der Waals surface area contributed by atoms with E-state index < -0.39 is 17.6 Å². The van der Waals surface area contributed by atoms with Crippen LogP contribution < -0.4 is 16.9 Å². The van der Waals surface area contributed by atoms with E-state index in [0.29, 0.717) is 61.0 Å². The maximum atomic E-state index is 14.9. The van der Waals surface area contributed by atoms with Gasteiger partial charge < -0.3 is 26.2 Å². The van der Waals surface area contributed by atoms with E-state index in [1.54, 1.807) is 40.1 Å². The Morgan fingerprint density at radius 2 is 1.39 bits per heavy atom. The van der Waals surface area contributed by atoms with Gasteiger partial charge in [0, 0.05) is 39.3 Å². The van der Waals surface area contributed by atoms with E-state index in [-0.39, 0.29) is 35.3 Å². The van der Waals surface area contributed by atoms with Crippen LogP contribution in [0, 0.1) is 17.2 Å². The largest absolute Gasteiger partial charge is 0.366 e. The molecule has 0 aromatic heterocycles. The number of carbonyl (C=O) groups is 4. The van der Waals surface area contributed by atoms with Gasteiger partial charge in [-0.25, -0.2) is 4.39 Å². The van der Waals surface area contributed by atoms with E-state index in [2.05, 4.69) is 4.90 Å². The summed E-state index contributed by atoms with van der Waals surface area (Å²) >= 11 is 0. The fourth-order valence-electron chi connectivity index (χ4n) is 8.55. The van der Waals surface area contributed by atoms with Crippen LogP contribution in [0.3, 0.4) is 0 Å². The predicted octanol–water partition coefficient (Wildman–Crippen LogP) is 1.61. The normalized spacial score (nSPS) is 20.6. The number of carbonyl (C=O) groups excluding carboxylic acids is 4. The van der Waals surface area contributed by atoms with E-state index >= 15 is 0 Å². The minimum absolute atomic E-state index is 0.0468. The molecule has 3 saturated heterocycles. The van der Waals surface area contributed by atoms with Gasteiger partial charge in [0.2, 0.25) is 17.7 Å². The molecule has 6 rings (SSSR count). The van der Waals surface area contributed by atoms with Gasteiger partial charge in [0.1, 0.15) is 5.82 Å². The zero-order valence-electron chi connectivity index (χ0n) is 29.7. The summed E-state index contributed by atoms with van der Waals surface area (Å²) in [6, 6.07) is 10.7. The number of rotatable bonds is 9. The van der Waals surface area contributed by atoms with Crippen LogP contribution in [-0.2, 0) is 16.0 Å². The maximum Gasteiger partial charge on any atom is 0.256 e. The van der Waals surface area contributed by atoms with Crippen molar-refractivity contribution < 1.29 is 29.0 Å². The summed E-state index contributed by atoms with van der Waals surface area (Å²) in [5.74, 6) is -1.15. The molecule has 2 aromatic carbocycles. The summed E-state index contributed by atoms with van der Waals surface area (Å²) in [7, 11) is 0. The third-order valence-electron chi connectivity index (χ3n) is 12.0. The van der Waals surface area contributed by atoms with Crippen LogP contribution >= 0.6 is 0 Å². The van der Waals surface area contributed by atoms with Gasteiger partial charge in [-0.1, -0.05) is 37.5 Å². The molecule has 3 heterocycles. The summed E-state index contributed by atoms with van der Waals surface area (Å²) in [6.07, 6.45) is 9.96. The Balaban J connectivity index is 0.944. The molecule has 1 aliphatic carbocycles. The predicted molar refractivity (Wildman–Crippen MR) is 192 cm³/mol. The van der Waals surface area contributed by atoms with Crippen LogP contribution in [-0.4, -0.2) is 114 Å². The zero-order valence-corrected chi connectivity index (χ0v) is 29.7. The molecule has 1 saturated carbocycles. The Morgan fingerprint density at radius 3 is 2.04 bits per heavy atom. The maximum absolute atomic E-state index is 14.9. The molecule has 2 aromatic rings. The van der Waals surface area contributed by atoms with Gasteiger partial charge in [-0.15, -0.1) is 0 Å². The minimum Gasteiger partial charge on any atom is -0.366 e. The lowest BCUT2D eigenvalue weighted by Gasteiger charge is -2.47. The number of nitrogens with two attached hydrogens (primary N) is 3. The summed E-state index contributed by atoms with van der Waals surface area (Å²) in [5.41, 5.74) is 13.9. The van der Waals surface area contributed by atoms with Crippen molar-refractivity contribution in [3.05, 3.63) is 70.5 Å². The van der Waals surface area contributed by atoms with Crippen LogP contribution in [0.1, 0.15) is 89.6 Å². The zero-order chi connectivity index (χ0) is 36.1. The molecule has 51 heavy (non-hydrogen) atoms. The lowest BCUT2D eigenvalue weighted by molar-refractivity contribution is -0.138. The summed E-state index contributed by atoms with van der Waals surface area (Å²) in [6.45, 7) is 5.01. The molecule has 274 valence electrons. The number of likely N-dealkylation sites (tertiary alicyclic amines) is 2. The number of piperazine rings is 1. The Hall–Kier alpha value is -4.16. The molecular formula is C39H53FN7O4+. The Bertz CT molecular complexity index is 1620. The fourth-order valence-corrected chi connectivity index (χ4v) is 8.55. The Kier molecular flexibility index (Phi) is 11.5. The van der Waals surface area contributed by atoms with Gasteiger partial charge >= 0.3 is 0 Å². The standard InChI is InChI=1S/C39H52FN7O4/c40-32-11-10-27(25-33(41)29-8-4-5-9-30(29)36(43)49)24-31(32)37(50)47-22-20-45(21-23-47)34(48)26-44-16-12-39(13-17-44)14-18-46(19-15-39)38(51)35(42)28-6-2-1-3-7-28/h4-5,8-11,24,28,35,41H,1-3,6-7,12-23,25-26,42H2,(H2,43,49)/p+1/t35-/m1/s1. The van der Waals surface area contributed by atoms with E-state index in [1.165, 1.54) is 31.4 Å². The second-order valence-corrected chi connectivity index (χ2v) is 15.1. The first kappa shape index (κ1) is 36.6. The number of primary amides is 1. The van der Waals surface area contributed by atoms with Crippen molar-refractivity contribution in [2.75, 3.05) is 58.9 Å². The van der Waals surface area contributed by atoms with Crippen molar-refractivity contribution in [3.63, 3.8) is 0 Å². The highest BCUT2D eigenvalue weighted by atomic mass is 19.1. The van der Waals surface area contributed by atoms with Crippen molar-refractivity contribution in [1.29, 1.82) is 0 Å². The Morgan fingerprint density at radius 1 is 0.784 bits per heavy atom. The second-order valence-electron chi connectivity index (χ2n) is 15.1. The molecule has 11 nitrogen and oxygen atoms in total. The number of nitrogens with zero attached hydrogens (tertiary/aromatic N) is 4. The first-order valence-electron chi connectivity index (χ1n) is 18.7. The van der Waals surface area contributed by atoms with Crippen LogP contribution in [0.2, 0.25) is 0 Å². The smallest absolute Gasteiger partial charge is 0.256 e. The fraction of sp³-hybridized carbons (Fsp3) is 0.564. The Labute approximate surface area is 300 Å². The highest BCUT2D eigenvalue weighted by Crippen LogP contribution is 2.41. The van der Waals surface area contributed by atoms with E-state index in [0.717, 1.165) is 64.7 Å². The quantitative estimate of drug-likeness (QED) is 0.337. The van der Waals surface area contributed by atoms with Crippen LogP contribution in [0.4, 0.5) is 4.39 Å². The third-order valence-corrected chi connectivity index (χ3v) is 12.0. The third kappa shape index (κ3) is 8.49. The second kappa shape index (κ2) is 16.0. The van der Waals surface area contributed by atoms with Gasteiger partial charge in [-0.3, -0.25) is 29.5 Å². The number of benzene rings is 2. The minimum atomic E-state index is -0.624. The highest BCUT2D eigenvalue weighted by molar-refractivity contribution is 6.08. The van der Waals surface area contributed by atoms with Crippen molar-refractivity contribution >= 4 is 29.3 Å². The molecule has 0 bridgehead atoms. The number of amides is 4. The van der Waals surface area contributed by atoms with Crippen LogP contribution in [0.25, 0.3) is 0 Å². The highest BCUT2D eigenvalue weighted by Gasteiger charge is 2.40. The number of piperidine rings is 2. The van der Waals surface area contributed by atoms with Gasteiger partial charge in [0.25, 0.3) is 5.91 Å². The summed E-state index contributed by atoms with van der Waals surface area (Å²) in [4.78, 5) is 59.3. The average Bonchev–Trinajstić information content (AvgIpc) is 3.16. The van der Waals surface area contributed by atoms with Crippen molar-refractivity contribution in [2.24, 2.45) is 22.8 Å². The molecular weight excluding hydrogens is 649 g/mol. The van der Waals surface area contributed by atoms with E-state index in [9.17, 15) is 23.6 Å². The molecule has 4 fully saturated rings. The summed E-state index contributed by atoms with van der Waals surface area (Å²) in [5, 5.41) is 6.33. The molecule has 6 N–H and O–H groups in total. The number of hydrogen-bond acceptors (Lipinski definition) is 6. The molecule has 4 aliphatic rings. The van der Waals surface area contributed by atoms with Crippen LogP contribution in [0.15, 0.2) is 42.5 Å². The molecule has 4 amide bonds. The first-order valence-corrected chi connectivity index (χ1v) is 18.7. The van der Waals surface area contributed by atoms with Gasteiger partial charge in [0.05, 0.1) is 35.7 Å². The van der Waals surface area contributed by atoms with E-state index in [1.807, 2.05) is 4.90 Å². The van der Waals surface area contributed by atoms with Gasteiger partial charge in [0.15, 0.2) is 5.71 Å². The molecule has 3 aliphatic heterocycles. The summed E-state index contributed by atoms with van der Waals surface area (Å²) < 4.78 is 14.9. The number of hydrogen-bond donors (Lipinski definition) is 3. The lowest BCUT2D eigenvalue weighted by atomic mass is 9.71. The number of halogens is 1. The molecule has 0 radical (unpaired) electrons. The molecule has 0 unspecified atom stereocenters. The first-order chi connectivity index (χ1) is 24.5. The van der Waals surface area contributed by atoms with Crippen molar-refractivity contribution in [3.8, 4) is 0 Å². The van der Waals surface area contributed by atoms with Crippen molar-refractivity contribution in [2.45, 2.75) is 70.3 Å². The monoisotopic (exact) mass is 702 g/mol. The van der Waals surface area contributed by atoms with E-state index in [4.69, 9.17) is 16.9 Å². The molecule has 1 spiro atoms. The molecule has 1 atom stereocenters. The topological polar surface area (TPSA) is 159 Å². The average molecular weight is 703 g/mol. The molecule has 12 heteroatoms. The SMILES string of the molecule is NC(=O)c1ccccc1C(=[NH2+])Cc1ccc(F)c(C(=O)N2CCN(C(=O)CN3CCC4(CC3)CCN(C(=O)[C@H](N)C3CCCCC3)CC4)CC2)c1.